The molecule has 0 spiro atoms. The molecule has 0 aromatic heterocycles. The molecule has 1 saturated heterocycles. The summed E-state index contributed by atoms with van der Waals surface area (Å²) in [6.07, 6.45) is 0.739. The van der Waals surface area contributed by atoms with E-state index in [-0.39, 0.29) is 17.9 Å². The molecular formula is C16H21N3O3. The molecule has 2 amide bonds. The summed E-state index contributed by atoms with van der Waals surface area (Å²) in [4.78, 5) is 26.0. The lowest BCUT2D eigenvalue weighted by Gasteiger charge is -2.32. The van der Waals surface area contributed by atoms with Gasteiger partial charge in [-0.15, -0.1) is 0 Å². The van der Waals surface area contributed by atoms with Crippen molar-refractivity contribution in [1.29, 1.82) is 0 Å². The Kier molecular flexibility index (Phi) is 4.29. The standard InChI is InChI=1S/C16H21N3O3/c1-11-16(21)19(13-4-2-3-5-14(13)22-11)9-7-15(20)18-12-6-8-17-10-12/h2-5,11-12,17H,6-10H2,1H3,(H,18,20). The van der Waals surface area contributed by atoms with Gasteiger partial charge in [-0.25, -0.2) is 0 Å². The zero-order valence-corrected chi connectivity index (χ0v) is 12.7. The molecule has 1 aromatic carbocycles. The fourth-order valence-corrected chi connectivity index (χ4v) is 2.88. The summed E-state index contributed by atoms with van der Waals surface area (Å²) in [5.41, 5.74) is 0.737. The van der Waals surface area contributed by atoms with E-state index in [4.69, 9.17) is 4.74 Å². The Bertz CT molecular complexity index is 570. The summed E-state index contributed by atoms with van der Waals surface area (Å²) >= 11 is 0. The predicted molar refractivity (Wildman–Crippen MR) is 82.9 cm³/mol. The van der Waals surface area contributed by atoms with Gasteiger partial charge in [0.05, 0.1) is 5.69 Å². The number of hydrogen-bond acceptors (Lipinski definition) is 4. The van der Waals surface area contributed by atoms with Crippen molar-refractivity contribution in [3.05, 3.63) is 24.3 Å². The van der Waals surface area contributed by atoms with Gasteiger partial charge in [0.2, 0.25) is 5.91 Å². The molecule has 0 radical (unpaired) electrons. The van der Waals surface area contributed by atoms with E-state index >= 15 is 0 Å². The van der Waals surface area contributed by atoms with Crippen LogP contribution in [-0.2, 0) is 9.59 Å². The first-order valence-electron chi connectivity index (χ1n) is 7.72. The number of para-hydroxylation sites is 2. The van der Waals surface area contributed by atoms with Crippen molar-refractivity contribution in [1.82, 2.24) is 10.6 Å². The Morgan fingerprint density at radius 3 is 3.05 bits per heavy atom. The Balaban J connectivity index is 1.63. The first-order valence-corrected chi connectivity index (χ1v) is 7.72. The van der Waals surface area contributed by atoms with Crippen molar-refractivity contribution in [3.8, 4) is 5.75 Å². The molecular weight excluding hydrogens is 282 g/mol. The van der Waals surface area contributed by atoms with Crippen LogP contribution in [0.15, 0.2) is 24.3 Å². The molecule has 1 fully saturated rings. The average Bonchev–Trinajstić information content (AvgIpc) is 3.00. The van der Waals surface area contributed by atoms with Crippen molar-refractivity contribution in [2.75, 3.05) is 24.5 Å². The van der Waals surface area contributed by atoms with E-state index in [1.165, 1.54) is 0 Å². The van der Waals surface area contributed by atoms with Crippen LogP contribution in [0.3, 0.4) is 0 Å². The van der Waals surface area contributed by atoms with Crippen LogP contribution in [0, 0.1) is 0 Å². The van der Waals surface area contributed by atoms with Crippen LogP contribution in [0.5, 0.6) is 5.75 Å². The number of benzene rings is 1. The van der Waals surface area contributed by atoms with Crippen LogP contribution in [0.4, 0.5) is 5.69 Å². The minimum atomic E-state index is -0.517. The van der Waals surface area contributed by atoms with Gasteiger partial charge in [0.25, 0.3) is 5.91 Å². The fraction of sp³-hybridized carbons (Fsp3) is 0.500. The molecule has 6 nitrogen and oxygen atoms in total. The quantitative estimate of drug-likeness (QED) is 0.857. The average molecular weight is 303 g/mol. The molecule has 2 aliphatic heterocycles. The maximum Gasteiger partial charge on any atom is 0.267 e. The van der Waals surface area contributed by atoms with Crippen molar-refractivity contribution in [3.63, 3.8) is 0 Å². The van der Waals surface area contributed by atoms with Crippen molar-refractivity contribution < 1.29 is 14.3 Å². The van der Waals surface area contributed by atoms with Gasteiger partial charge in [0, 0.05) is 25.6 Å². The van der Waals surface area contributed by atoms with Crippen molar-refractivity contribution in [2.45, 2.75) is 31.9 Å². The minimum Gasteiger partial charge on any atom is -0.479 e. The molecule has 2 aliphatic rings. The zero-order chi connectivity index (χ0) is 15.5. The number of fused-ring (bicyclic) bond motifs is 1. The first-order chi connectivity index (χ1) is 10.6. The lowest BCUT2D eigenvalue weighted by Crippen LogP contribution is -2.46. The molecule has 2 unspecified atom stereocenters. The van der Waals surface area contributed by atoms with Crippen LogP contribution in [0.1, 0.15) is 19.8 Å². The van der Waals surface area contributed by atoms with Crippen LogP contribution in [0.2, 0.25) is 0 Å². The monoisotopic (exact) mass is 303 g/mol. The Hall–Kier alpha value is -2.08. The maximum absolute atomic E-state index is 12.3. The Labute approximate surface area is 129 Å². The number of anilines is 1. The van der Waals surface area contributed by atoms with E-state index < -0.39 is 6.10 Å². The number of carbonyl (C=O) groups is 2. The molecule has 6 heteroatoms. The molecule has 0 saturated carbocycles. The number of hydrogen-bond donors (Lipinski definition) is 2. The van der Waals surface area contributed by atoms with E-state index in [0.717, 1.165) is 25.2 Å². The van der Waals surface area contributed by atoms with E-state index in [0.29, 0.717) is 18.7 Å². The van der Waals surface area contributed by atoms with E-state index in [2.05, 4.69) is 10.6 Å². The summed E-state index contributed by atoms with van der Waals surface area (Å²) in [6.45, 7) is 3.87. The minimum absolute atomic E-state index is 0.0156. The predicted octanol–water partition coefficient (Wildman–Crippen LogP) is 0.669. The second kappa shape index (κ2) is 6.36. The number of amides is 2. The van der Waals surface area contributed by atoms with Gasteiger partial charge in [0.15, 0.2) is 6.10 Å². The van der Waals surface area contributed by atoms with Crippen molar-refractivity contribution in [2.24, 2.45) is 0 Å². The third-order valence-electron chi connectivity index (χ3n) is 4.06. The number of rotatable bonds is 4. The maximum atomic E-state index is 12.3. The normalized spacial score (nSPS) is 23.9. The van der Waals surface area contributed by atoms with Gasteiger partial charge in [-0.3, -0.25) is 9.59 Å². The number of carbonyl (C=O) groups excluding carboxylic acids is 2. The van der Waals surface area contributed by atoms with Gasteiger partial charge in [-0.05, 0) is 32.0 Å². The summed E-state index contributed by atoms with van der Waals surface area (Å²) in [5, 5.41) is 6.21. The van der Waals surface area contributed by atoms with Crippen LogP contribution < -0.4 is 20.3 Å². The smallest absolute Gasteiger partial charge is 0.267 e. The molecule has 2 heterocycles. The number of nitrogens with one attached hydrogen (secondary N) is 2. The highest BCUT2D eigenvalue weighted by Crippen LogP contribution is 2.33. The van der Waals surface area contributed by atoms with Crippen LogP contribution >= 0.6 is 0 Å². The van der Waals surface area contributed by atoms with E-state index in [1.807, 2.05) is 24.3 Å². The van der Waals surface area contributed by atoms with E-state index in [1.54, 1.807) is 11.8 Å². The van der Waals surface area contributed by atoms with Crippen LogP contribution in [-0.4, -0.2) is 43.6 Å². The van der Waals surface area contributed by atoms with Gasteiger partial charge < -0.3 is 20.3 Å². The second-order valence-electron chi connectivity index (χ2n) is 5.72. The third-order valence-corrected chi connectivity index (χ3v) is 4.06. The molecule has 118 valence electrons. The van der Waals surface area contributed by atoms with Gasteiger partial charge in [-0.2, -0.15) is 0 Å². The van der Waals surface area contributed by atoms with E-state index in [9.17, 15) is 9.59 Å². The topological polar surface area (TPSA) is 70.7 Å². The molecule has 1 aromatic rings. The number of ether oxygens (including phenoxy) is 1. The highest BCUT2D eigenvalue weighted by molar-refractivity contribution is 6.00. The molecule has 0 bridgehead atoms. The lowest BCUT2D eigenvalue weighted by molar-refractivity contribution is -0.125. The largest absolute Gasteiger partial charge is 0.479 e. The molecule has 22 heavy (non-hydrogen) atoms. The SMILES string of the molecule is CC1Oc2ccccc2N(CCC(=O)NC2CCNC2)C1=O. The Morgan fingerprint density at radius 1 is 1.45 bits per heavy atom. The lowest BCUT2D eigenvalue weighted by atomic mass is 10.1. The number of nitrogens with zero attached hydrogens (tertiary/aromatic N) is 1. The second-order valence-corrected chi connectivity index (χ2v) is 5.72. The zero-order valence-electron chi connectivity index (χ0n) is 12.7. The summed E-state index contributed by atoms with van der Waals surface area (Å²) in [7, 11) is 0. The molecule has 0 aliphatic carbocycles. The van der Waals surface area contributed by atoms with Gasteiger partial charge in [0.1, 0.15) is 5.75 Å². The van der Waals surface area contributed by atoms with Crippen molar-refractivity contribution >= 4 is 17.5 Å². The Morgan fingerprint density at radius 2 is 2.27 bits per heavy atom. The fourth-order valence-electron chi connectivity index (χ4n) is 2.88. The summed E-state index contributed by atoms with van der Waals surface area (Å²) < 4.78 is 5.59. The molecule has 2 N–H and O–H groups in total. The first kappa shape index (κ1) is 14.8. The van der Waals surface area contributed by atoms with Gasteiger partial charge in [-0.1, -0.05) is 12.1 Å². The molecule has 2 atom stereocenters. The highest BCUT2D eigenvalue weighted by atomic mass is 16.5. The van der Waals surface area contributed by atoms with Crippen LogP contribution in [0.25, 0.3) is 0 Å². The highest BCUT2D eigenvalue weighted by Gasteiger charge is 2.31. The van der Waals surface area contributed by atoms with Gasteiger partial charge >= 0.3 is 0 Å². The molecule has 3 rings (SSSR count). The summed E-state index contributed by atoms with van der Waals surface area (Å²) in [6, 6.07) is 7.63. The third kappa shape index (κ3) is 3.06. The summed E-state index contributed by atoms with van der Waals surface area (Å²) in [5.74, 6) is 0.571.